The van der Waals surface area contributed by atoms with Gasteiger partial charge in [0.05, 0.1) is 13.2 Å². The van der Waals surface area contributed by atoms with E-state index in [2.05, 4.69) is 10.2 Å². The molecule has 1 spiro atoms. The Morgan fingerprint density at radius 3 is 2.39 bits per heavy atom. The first kappa shape index (κ1) is 16.0. The number of piperidine rings is 1. The summed E-state index contributed by atoms with van der Waals surface area (Å²) in [5, 5.41) is 11.5. The van der Waals surface area contributed by atoms with Gasteiger partial charge in [-0.2, -0.15) is 0 Å². The Morgan fingerprint density at radius 1 is 1.13 bits per heavy atom. The van der Waals surface area contributed by atoms with Crippen LogP contribution in [0, 0.1) is 0 Å². The van der Waals surface area contributed by atoms with Crippen LogP contribution in [0.15, 0.2) is 0 Å². The zero-order valence-electron chi connectivity index (χ0n) is 13.0. The number of imide groups is 1. The molecule has 3 aliphatic heterocycles. The molecule has 9 heteroatoms. The van der Waals surface area contributed by atoms with Crippen LogP contribution in [-0.2, 0) is 9.53 Å². The first-order valence-electron chi connectivity index (χ1n) is 7.94. The minimum Gasteiger partial charge on any atom is -0.465 e. The number of nitrogens with one attached hydrogen (secondary N) is 1. The van der Waals surface area contributed by atoms with Crippen molar-refractivity contribution in [3.63, 3.8) is 0 Å². The molecule has 0 atom stereocenters. The van der Waals surface area contributed by atoms with Crippen molar-refractivity contribution in [2.75, 3.05) is 52.5 Å². The van der Waals surface area contributed by atoms with Crippen LogP contribution in [0.25, 0.3) is 0 Å². The Kier molecular flexibility index (Phi) is 4.40. The van der Waals surface area contributed by atoms with Crippen LogP contribution >= 0.6 is 0 Å². The minimum atomic E-state index is -0.982. The monoisotopic (exact) mass is 326 g/mol. The number of urea groups is 1. The standard InChI is InChI=1S/C14H22N4O5/c19-11-14(1-3-17(4-2-14)13(21)22)18(12(20)15-11)6-5-16-7-9-23-10-8-16/h1-10H2,(H,21,22)(H,15,19,20). The number of hydrogen-bond acceptors (Lipinski definition) is 5. The molecule has 0 aromatic heterocycles. The highest BCUT2D eigenvalue weighted by Crippen LogP contribution is 2.33. The number of hydrogen-bond donors (Lipinski definition) is 2. The molecule has 3 aliphatic rings. The smallest absolute Gasteiger partial charge is 0.407 e. The van der Waals surface area contributed by atoms with Crippen molar-refractivity contribution < 1.29 is 24.2 Å². The van der Waals surface area contributed by atoms with Gasteiger partial charge in [-0.1, -0.05) is 0 Å². The van der Waals surface area contributed by atoms with Gasteiger partial charge in [0.2, 0.25) is 0 Å². The lowest BCUT2D eigenvalue weighted by molar-refractivity contribution is -0.129. The first-order chi connectivity index (χ1) is 11.0. The van der Waals surface area contributed by atoms with E-state index in [1.807, 2.05) is 0 Å². The van der Waals surface area contributed by atoms with Crippen LogP contribution in [0.3, 0.4) is 0 Å². The SMILES string of the molecule is O=C(O)N1CCC2(CC1)C(=O)NC(=O)N2CCN1CCOCC1. The van der Waals surface area contributed by atoms with Gasteiger partial charge in [-0.25, -0.2) is 9.59 Å². The third-order valence-corrected chi connectivity index (χ3v) is 5.01. The number of amides is 4. The van der Waals surface area contributed by atoms with Crippen molar-refractivity contribution >= 4 is 18.0 Å². The molecule has 3 heterocycles. The second-order valence-electron chi connectivity index (χ2n) is 6.17. The van der Waals surface area contributed by atoms with Crippen molar-refractivity contribution in [1.29, 1.82) is 0 Å². The molecule has 3 rings (SSSR count). The van der Waals surface area contributed by atoms with Gasteiger partial charge in [-0.3, -0.25) is 15.0 Å². The van der Waals surface area contributed by atoms with Gasteiger partial charge in [0.1, 0.15) is 5.54 Å². The molecule has 0 saturated carbocycles. The van der Waals surface area contributed by atoms with Crippen molar-refractivity contribution in [2.45, 2.75) is 18.4 Å². The number of carbonyl (C=O) groups is 3. The molecule has 23 heavy (non-hydrogen) atoms. The highest BCUT2D eigenvalue weighted by Gasteiger charge is 2.54. The average molecular weight is 326 g/mol. The van der Waals surface area contributed by atoms with Gasteiger partial charge in [-0.05, 0) is 12.8 Å². The predicted molar refractivity (Wildman–Crippen MR) is 79.1 cm³/mol. The Bertz CT molecular complexity index is 497. The third-order valence-electron chi connectivity index (χ3n) is 5.01. The van der Waals surface area contributed by atoms with Gasteiger partial charge in [0.25, 0.3) is 5.91 Å². The molecule has 0 aromatic rings. The summed E-state index contributed by atoms with van der Waals surface area (Å²) in [6.07, 6.45) is -0.288. The fraction of sp³-hybridized carbons (Fsp3) is 0.786. The molecule has 0 aromatic carbocycles. The highest BCUT2D eigenvalue weighted by atomic mass is 16.5. The van der Waals surface area contributed by atoms with E-state index in [1.54, 1.807) is 4.90 Å². The Balaban J connectivity index is 1.66. The second kappa shape index (κ2) is 6.32. The summed E-state index contributed by atoms with van der Waals surface area (Å²) >= 11 is 0. The molecule has 3 saturated heterocycles. The minimum absolute atomic E-state index is 0.268. The number of carbonyl (C=O) groups excluding carboxylic acids is 2. The number of ether oxygens (including phenoxy) is 1. The number of likely N-dealkylation sites (tertiary alicyclic amines) is 1. The Morgan fingerprint density at radius 2 is 1.78 bits per heavy atom. The maximum absolute atomic E-state index is 12.3. The third kappa shape index (κ3) is 2.98. The molecule has 0 radical (unpaired) electrons. The summed E-state index contributed by atoms with van der Waals surface area (Å²) in [5.74, 6) is -0.297. The summed E-state index contributed by atoms with van der Waals surface area (Å²) in [6.45, 7) is 4.70. The molecule has 128 valence electrons. The number of rotatable bonds is 3. The topological polar surface area (TPSA) is 102 Å². The van der Waals surface area contributed by atoms with Crippen molar-refractivity contribution in [3.05, 3.63) is 0 Å². The zero-order chi connectivity index (χ0) is 16.4. The molecular formula is C14H22N4O5. The molecular weight excluding hydrogens is 304 g/mol. The number of carboxylic acid groups (broad SMARTS) is 1. The van der Waals surface area contributed by atoms with Gasteiger partial charge >= 0.3 is 12.1 Å². The lowest BCUT2D eigenvalue weighted by atomic mass is 9.86. The van der Waals surface area contributed by atoms with Gasteiger partial charge < -0.3 is 19.6 Å². The van der Waals surface area contributed by atoms with E-state index in [9.17, 15) is 14.4 Å². The maximum atomic E-state index is 12.3. The lowest BCUT2D eigenvalue weighted by Crippen LogP contribution is -2.58. The molecule has 3 fully saturated rings. The fourth-order valence-electron chi connectivity index (χ4n) is 3.54. The van der Waals surface area contributed by atoms with E-state index >= 15 is 0 Å². The zero-order valence-corrected chi connectivity index (χ0v) is 13.0. The van der Waals surface area contributed by atoms with Gasteiger partial charge in [0.15, 0.2) is 0 Å². The summed E-state index contributed by atoms with van der Waals surface area (Å²) in [4.78, 5) is 40.6. The van der Waals surface area contributed by atoms with E-state index in [1.165, 1.54) is 4.90 Å². The van der Waals surface area contributed by atoms with Gasteiger partial charge in [-0.15, -0.1) is 0 Å². The quantitative estimate of drug-likeness (QED) is 0.670. The maximum Gasteiger partial charge on any atom is 0.407 e. The fourth-order valence-corrected chi connectivity index (χ4v) is 3.54. The van der Waals surface area contributed by atoms with E-state index in [4.69, 9.17) is 9.84 Å². The Labute approximate surface area is 134 Å². The summed E-state index contributed by atoms with van der Waals surface area (Å²) < 4.78 is 5.30. The first-order valence-corrected chi connectivity index (χ1v) is 7.94. The lowest BCUT2D eigenvalue weighted by Gasteiger charge is -2.42. The second-order valence-corrected chi connectivity index (χ2v) is 6.17. The average Bonchev–Trinajstić information content (AvgIpc) is 2.77. The summed E-state index contributed by atoms with van der Waals surface area (Å²) in [6, 6.07) is -0.368. The molecule has 2 N–H and O–H groups in total. The van der Waals surface area contributed by atoms with Crippen molar-refractivity contribution in [2.24, 2.45) is 0 Å². The van der Waals surface area contributed by atoms with Crippen molar-refractivity contribution in [1.82, 2.24) is 20.0 Å². The number of nitrogens with zero attached hydrogens (tertiary/aromatic N) is 3. The molecule has 0 aliphatic carbocycles. The van der Waals surface area contributed by atoms with Crippen LogP contribution in [-0.4, -0.2) is 95.9 Å². The van der Waals surface area contributed by atoms with Crippen LogP contribution in [0.4, 0.5) is 9.59 Å². The van der Waals surface area contributed by atoms with E-state index in [0.29, 0.717) is 39.1 Å². The van der Waals surface area contributed by atoms with E-state index < -0.39 is 11.6 Å². The molecule has 0 unspecified atom stereocenters. The van der Waals surface area contributed by atoms with E-state index in [-0.39, 0.29) is 25.0 Å². The largest absolute Gasteiger partial charge is 0.465 e. The van der Waals surface area contributed by atoms with Crippen LogP contribution in [0.5, 0.6) is 0 Å². The molecule has 4 amide bonds. The van der Waals surface area contributed by atoms with Crippen LogP contribution < -0.4 is 5.32 Å². The van der Waals surface area contributed by atoms with Gasteiger partial charge in [0, 0.05) is 39.3 Å². The summed E-state index contributed by atoms with van der Waals surface area (Å²) in [5.41, 5.74) is -0.894. The van der Waals surface area contributed by atoms with Crippen LogP contribution in [0.1, 0.15) is 12.8 Å². The Hall–Kier alpha value is -1.87. The van der Waals surface area contributed by atoms with E-state index in [0.717, 1.165) is 13.1 Å². The summed E-state index contributed by atoms with van der Waals surface area (Å²) in [7, 11) is 0. The van der Waals surface area contributed by atoms with Crippen molar-refractivity contribution in [3.8, 4) is 0 Å². The normalized spacial score (nSPS) is 25.0. The molecule has 9 nitrogen and oxygen atoms in total. The number of morpholine rings is 1. The predicted octanol–water partition coefficient (Wildman–Crippen LogP) is -0.617. The highest BCUT2D eigenvalue weighted by molar-refractivity contribution is 6.07. The molecule has 0 bridgehead atoms. The van der Waals surface area contributed by atoms with Crippen LogP contribution in [0.2, 0.25) is 0 Å².